The zero-order valence-corrected chi connectivity index (χ0v) is 29.8. The number of hydrogen-bond acceptors (Lipinski definition) is 5. The molecule has 0 radical (unpaired) electrons. The Balaban J connectivity index is 0.000000314. The molecule has 244 valence electrons. The molecule has 0 aliphatic heterocycles. The van der Waals surface area contributed by atoms with Gasteiger partial charge >= 0.3 is 5.91 Å². The standard InChI is InChI=1S/C19H28N2O2.C19H26N2O/c1-7-10-14(5)20-21(6)19(23)18(22)17-15(8-2)11-13(4)12-16(17)9-3;1-7-14-10-12(4)11-15(8-2)17(14)18-16(9-3)13(5)20-21(6)19(18)22/h11-12H,7-10H2,1-6H3;10-11H,7-9H2,1-6H3. The zero-order valence-electron chi connectivity index (χ0n) is 29.8. The van der Waals surface area contributed by atoms with Gasteiger partial charge in [-0.1, -0.05) is 83.4 Å². The van der Waals surface area contributed by atoms with Crippen LogP contribution in [0, 0.1) is 20.8 Å². The highest BCUT2D eigenvalue weighted by atomic mass is 16.2. The van der Waals surface area contributed by atoms with Crippen molar-refractivity contribution in [2.45, 2.75) is 114 Å². The second kappa shape index (κ2) is 17.0. The van der Waals surface area contributed by atoms with Gasteiger partial charge in [0.1, 0.15) is 0 Å². The fraction of sp³-hybridized carbons (Fsp3) is 0.500. The molecule has 45 heavy (non-hydrogen) atoms. The van der Waals surface area contributed by atoms with Crippen LogP contribution in [0.25, 0.3) is 11.1 Å². The number of nitrogens with zero attached hydrogens (tertiary/aromatic N) is 4. The number of Topliss-reactive ketones (excluding diaryl/α,β-unsaturated/α-hetero) is 1. The number of aromatic nitrogens is 2. The van der Waals surface area contributed by atoms with Crippen molar-refractivity contribution < 1.29 is 9.59 Å². The minimum absolute atomic E-state index is 0.00991. The average molecular weight is 615 g/mol. The van der Waals surface area contributed by atoms with Crippen LogP contribution in [0.15, 0.2) is 34.2 Å². The third-order valence-electron chi connectivity index (χ3n) is 8.21. The number of hydrazone groups is 1. The summed E-state index contributed by atoms with van der Waals surface area (Å²) in [6.45, 7) is 20.5. The number of amides is 1. The molecule has 0 atom stereocenters. The monoisotopic (exact) mass is 614 g/mol. The molecule has 0 bridgehead atoms. The molecule has 3 aromatic rings. The molecule has 0 saturated heterocycles. The first kappa shape index (κ1) is 37.3. The highest BCUT2D eigenvalue weighted by Gasteiger charge is 2.25. The van der Waals surface area contributed by atoms with Crippen molar-refractivity contribution in [3.05, 3.63) is 84.8 Å². The van der Waals surface area contributed by atoms with Gasteiger partial charge in [-0.3, -0.25) is 14.4 Å². The van der Waals surface area contributed by atoms with E-state index in [1.54, 1.807) is 14.1 Å². The van der Waals surface area contributed by atoms with Gasteiger partial charge in [-0.25, -0.2) is 9.69 Å². The topological polar surface area (TPSA) is 84.6 Å². The summed E-state index contributed by atoms with van der Waals surface area (Å²) in [6, 6.07) is 8.41. The normalized spacial score (nSPS) is 11.2. The van der Waals surface area contributed by atoms with E-state index in [9.17, 15) is 14.4 Å². The van der Waals surface area contributed by atoms with Crippen LogP contribution in [0.2, 0.25) is 0 Å². The fourth-order valence-electron chi connectivity index (χ4n) is 6.07. The summed E-state index contributed by atoms with van der Waals surface area (Å²) in [5.74, 6) is -1.04. The molecule has 0 spiro atoms. The number of carbonyl (C=O) groups excluding carboxylic acids is 2. The summed E-state index contributed by atoms with van der Waals surface area (Å²) in [5.41, 5.74) is 12.2. The van der Waals surface area contributed by atoms with Crippen LogP contribution < -0.4 is 5.56 Å². The molecule has 1 heterocycles. The van der Waals surface area contributed by atoms with Gasteiger partial charge in [-0.2, -0.15) is 10.2 Å². The molecular weight excluding hydrogens is 560 g/mol. The number of likely N-dealkylation sites (N-methyl/N-ethyl adjacent to an activating group) is 1. The maximum absolute atomic E-state index is 12.8. The Labute approximate surface area is 270 Å². The molecular formula is C38H54N4O3. The Bertz CT molecular complexity index is 1560. The highest BCUT2D eigenvalue weighted by Crippen LogP contribution is 2.31. The first-order valence-corrected chi connectivity index (χ1v) is 16.5. The lowest BCUT2D eigenvalue weighted by atomic mass is 9.87. The van der Waals surface area contributed by atoms with E-state index in [0.717, 1.165) is 89.7 Å². The van der Waals surface area contributed by atoms with Crippen LogP contribution in [-0.2, 0) is 43.9 Å². The lowest BCUT2D eigenvalue weighted by Crippen LogP contribution is -2.31. The van der Waals surface area contributed by atoms with Crippen LogP contribution in [0.1, 0.15) is 116 Å². The average Bonchev–Trinajstić information content (AvgIpc) is 3.01. The van der Waals surface area contributed by atoms with E-state index in [-0.39, 0.29) is 5.56 Å². The van der Waals surface area contributed by atoms with Crippen LogP contribution in [0.5, 0.6) is 0 Å². The smallest absolute Gasteiger partial charge is 0.283 e. The first-order valence-electron chi connectivity index (χ1n) is 16.5. The maximum Gasteiger partial charge on any atom is 0.314 e. The van der Waals surface area contributed by atoms with Crippen molar-refractivity contribution in [1.82, 2.24) is 14.8 Å². The van der Waals surface area contributed by atoms with Gasteiger partial charge in [0.15, 0.2) is 0 Å². The van der Waals surface area contributed by atoms with Crippen molar-refractivity contribution in [3.63, 3.8) is 0 Å². The van der Waals surface area contributed by atoms with Gasteiger partial charge in [0.2, 0.25) is 0 Å². The molecule has 0 aliphatic rings. The van der Waals surface area contributed by atoms with E-state index in [1.807, 2.05) is 46.8 Å². The molecule has 2 aromatic carbocycles. The molecule has 0 saturated carbocycles. The van der Waals surface area contributed by atoms with Gasteiger partial charge in [-0.05, 0) is 99.6 Å². The fourth-order valence-corrected chi connectivity index (χ4v) is 6.07. The Morgan fingerprint density at radius 3 is 1.67 bits per heavy atom. The number of benzene rings is 2. The van der Waals surface area contributed by atoms with Crippen molar-refractivity contribution >= 4 is 17.4 Å². The number of aryl methyl sites for hydroxylation is 8. The van der Waals surface area contributed by atoms with Gasteiger partial charge in [0, 0.05) is 25.4 Å². The SMILES string of the molecule is CCCC(C)=NN(C)C(=O)C(=O)c1c(CC)cc(C)cc1CC.CCc1cc(C)cc(CC)c1-c1c(CC)c(C)nn(C)c1=O. The number of rotatable bonds is 11. The highest BCUT2D eigenvalue weighted by molar-refractivity contribution is 6.43. The second-order valence-electron chi connectivity index (χ2n) is 11.8. The summed E-state index contributed by atoms with van der Waals surface area (Å²) in [4.78, 5) is 38.0. The van der Waals surface area contributed by atoms with Crippen molar-refractivity contribution in [3.8, 4) is 11.1 Å². The summed E-state index contributed by atoms with van der Waals surface area (Å²) in [7, 11) is 3.29. The van der Waals surface area contributed by atoms with Gasteiger partial charge in [0.05, 0.1) is 11.3 Å². The van der Waals surface area contributed by atoms with Crippen LogP contribution in [-0.4, -0.2) is 39.2 Å². The van der Waals surface area contributed by atoms with Crippen LogP contribution in [0.3, 0.4) is 0 Å². The molecule has 0 N–H and O–H groups in total. The van der Waals surface area contributed by atoms with Crippen LogP contribution >= 0.6 is 0 Å². The van der Waals surface area contributed by atoms with Crippen molar-refractivity contribution in [2.75, 3.05) is 7.05 Å². The lowest BCUT2D eigenvalue weighted by Gasteiger charge is -2.18. The molecule has 7 nitrogen and oxygen atoms in total. The van der Waals surface area contributed by atoms with E-state index in [1.165, 1.54) is 26.4 Å². The summed E-state index contributed by atoms with van der Waals surface area (Å²) in [5, 5.41) is 9.76. The Hall–Kier alpha value is -3.87. The minimum Gasteiger partial charge on any atom is -0.283 e. The number of ketones is 1. The van der Waals surface area contributed by atoms with E-state index in [2.05, 4.69) is 57.0 Å². The molecule has 1 amide bonds. The molecule has 0 aliphatic carbocycles. The zero-order chi connectivity index (χ0) is 34.0. The van der Waals surface area contributed by atoms with E-state index < -0.39 is 11.7 Å². The molecule has 0 fully saturated rings. The molecule has 7 heteroatoms. The van der Waals surface area contributed by atoms with Gasteiger partial charge in [-0.15, -0.1) is 0 Å². The van der Waals surface area contributed by atoms with Crippen molar-refractivity contribution in [1.29, 1.82) is 0 Å². The third kappa shape index (κ3) is 8.86. The van der Waals surface area contributed by atoms with Gasteiger partial charge in [0.25, 0.3) is 11.3 Å². The van der Waals surface area contributed by atoms with E-state index in [0.29, 0.717) is 5.56 Å². The predicted octanol–water partition coefficient (Wildman–Crippen LogP) is 7.69. The van der Waals surface area contributed by atoms with Crippen LogP contribution in [0.4, 0.5) is 0 Å². The molecule has 0 unspecified atom stereocenters. The largest absolute Gasteiger partial charge is 0.314 e. The van der Waals surface area contributed by atoms with Gasteiger partial charge < -0.3 is 0 Å². The van der Waals surface area contributed by atoms with Crippen molar-refractivity contribution in [2.24, 2.45) is 12.1 Å². The first-order chi connectivity index (χ1) is 21.3. The summed E-state index contributed by atoms with van der Waals surface area (Å²) >= 11 is 0. The summed E-state index contributed by atoms with van der Waals surface area (Å²) < 4.78 is 1.47. The lowest BCUT2D eigenvalue weighted by molar-refractivity contribution is -0.125. The predicted molar refractivity (Wildman–Crippen MR) is 188 cm³/mol. The Morgan fingerprint density at radius 2 is 1.24 bits per heavy atom. The summed E-state index contributed by atoms with van der Waals surface area (Å²) in [6.07, 6.45) is 5.91. The maximum atomic E-state index is 12.8. The third-order valence-corrected chi connectivity index (χ3v) is 8.21. The number of hydrogen-bond donors (Lipinski definition) is 0. The quantitative estimate of drug-likeness (QED) is 0.0959. The molecule has 3 rings (SSSR count). The minimum atomic E-state index is -0.575. The Kier molecular flexibility index (Phi) is 14.1. The molecule has 1 aromatic heterocycles. The van der Waals surface area contributed by atoms with E-state index >= 15 is 0 Å². The Morgan fingerprint density at radius 1 is 0.778 bits per heavy atom. The second-order valence-corrected chi connectivity index (χ2v) is 11.8. The van der Waals surface area contributed by atoms with E-state index in [4.69, 9.17) is 0 Å². The number of carbonyl (C=O) groups is 2.